The summed E-state index contributed by atoms with van der Waals surface area (Å²) in [7, 11) is 1.59. The van der Waals surface area contributed by atoms with Gasteiger partial charge in [-0.2, -0.15) is 0 Å². The van der Waals surface area contributed by atoms with Crippen molar-refractivity contribution in [3.05, 3.63) is 60.2 Å². The van der Waals surface area contributed by atoms with Crippen LogP contribution in [0, 0.1) is 0 Å². The Morgan fingerprint density at radius 1 is 1.00 bits per heavy atom. The van der Waals surface area contributed by atoms with Gasteiger partial charge in [0.15, 0.2) is 0 Å². The van der Waals surface area contributed by atoms with E-state index in [0.29, 0.717) is 11.4 Å². The van der Waals surface area contributed by atoms with Gasteiger partial charge in [0.2, 0.25) is 5.91 Å². The van der Waals surface area contributed by atoms with Crippen LogP contribution in [0.3, 0.4) is 0 Å². The number of hydrogen-bond acceptors (Lipinski definition) is 3. The van der Waals surface area contributed by atoms with E-state index in [2.05, 4.69) is 10.6 Å². The molecule has 2 rings (SSSR count). The molecule has 2 aromatic carbocycles. The third-order valence-corrected chi connectivity index (χ3v) is 3.56. The summed E-state index contributed by atoms with van der Waals surface area (Å²) in [5.74, 6) is 0.562. The number of nitrogens with one attached hydrogen (secondary N) is 2. The number of carbonyl (C=O) groups is 1. The van der Waals surface area contributed by atoms with Gasteiger partial charge in [0.05, 0.1) is 18.8 Å². The number of ether oxygens (including phenoxy) is 1. The van der Waals surface area contributed by atoms with Crippen molar-refractivity contribution in [2.24, 2.45) is 0 Å². The molecule has 1 amide bonds. The van der Waals surface area contributed by atoms with E-state index in [1.165, 1.54) is 0 Å². The average Bonchev–Trinajstić information content (AvgIpc) is 2.56. The minimum Gasteiger partial charge on any atom is -0.495 e. The van der Waals surface area contributed by atoms with Crippen molar-refractivity contribution in [1.29, 1.82) is 0 Å². The van der Waals surface area contributed by atoms with Crippen LogP contribution >= 0.6 is 0 Å². The van der Waals surface area contributed by atoms with Crippen molar-refractivity contribution in [3.8, 4) is 5.75 Å². The Morgan fingerprint density at radius 3 is 2.32 bits per heavy atom. The Labute approximate surface area is 131 Å². The van der Waals surface area contributed by atoms with Crippen molar-refractivity contribution in [1.82, 2.24) is 5.32 Å². The highest BCUT2D eigenvalue weighted by Gasteiger charge is 2.17. The maximum Gasteiger partial charge on any atom is 0.241 e. The molecule has 2 atom stereocenters. The van der Waals surface area contributed by atoms with Crippen LogP contribution in [-0.4, -0.2) is 19.1 Å². The summed E-state index contributed by atoms with van der Waals surface area (Å²) >= 11 is 0. The number of rotatable bonds is 6. The number of benzene rings is 2. The zero-order chi connectivity index (χ0) is 15.9. The van der Waals surface area contributed by atoms with Gasteiger partial charge in [-0.05, 0) is 31.5 Å². The number of amides is 1. The number of anilines is 1. The van der Waals surface area contributed by atoms with E-state index in [9.17, 15) is 4.79 Å². The molecule has 0 aliphatic carbocycles. The van der Waals surface area contributed by atoms with Gasteiger partial charge in [0.25, 0.3) is 0 Å². The zero-order valence-electron chi connectivity index (χ0n) is 13.2. The molecule has 0 saturated heterocycles. The highest BCUT2D eigenvalue weighted by atomic mass is 16.5. The molecular formula is C18H22N2O2. The van der Waals surface area contributed by atoms with Crippen LogP contribution in [0.5, 0.6) is 5.75 Å². The molecule has 2 N–H and O–H groups in total. The SMILES string of the molecule is COc1ccccc1NC(=O)[C@H](C)N[C@H](C)c1ccccc1. The second kappa shape index (κ2) is 7.61. The molecule has 0 aliphatic rings. The fraction of sp³-hybridized carbons (Fsp3) is 0.278. The van der Waals surface area contributed by atoms with Crippen LogP contribution in [0.1, 0.15) is 25.5 Å². The van der Waals surface area contributed by atoms with E-state index in [1.54, 1.807) is 7.11 Å². The predicted molar refractivity (Wildman–Crippen MR) is 89.1 cm³/mol. The summed E-state index contributed by atoms with van der Waals surface area (Å²) in [6, 6.07) is 17.2. The Morgan fingerprint density at radius 2 is 1.64 bits per heavy atom. The Hall–Kier alpha value is -2.33. The van der Waals surface area contributed by atoms with Crippen molar-refractivity contribution in [2.45, 2.75) is 25.9 Å². The summed E-state index contributed by atoms with van der Waals surface area (Å²) in [4.78, 5) is 12.3. The minimum absolute atomic E-state index is 0.0905. The monoisotopic (exact) mass is 298 g/mol. The molecule has 2 aromatic rings. The summed E-state index contributed by atoms with van der Waals surface area (Å²) in [6.45, 7) is 3.90. The van der Waals surface area contributed by atoms with Crippen LogP contribution < -0.4 is 15.4 Å². The fourth-order valence-electron chi connectivity index (χ4n) is 2.28. The highest BCUT2D eigenvalue weighted by Crippen LogP contribution is 2.23. The largest absolute Gasteiger partial charge is 0.495 e. The normalized spacial score (nSPS) is 13.2. The molecule has 0 radical (unpaired) electrons. The lowest BCUT2D eigenvalue weighted by Gasteiger charge is -2.20. The van der Waals surface area contributed by atoms with E-state index >= 15 is 0 Å². The summed E-state index contributed by atoms with van der Waals surface area (Å²) in [6.07, 6.45) is 0. The molecule has 0 saturated carbocycles. The van der Waals surface area contributed by atoms with Gasteiger partial charge in [0.1, 0.15) is 5.75 Å². The van der Waals surface area contributed by atoms with Gasteiger partial charge in [-0.3, -0.25) is 10.1 Å². The lowest BCUT2D eigenvalue weighted by molar-refractivity contribution is -0.117. The molecule has 4 heteroatoms. The van der Waals surface area contributed by atoms with Crippen LogP contribution in [0.2, 0.25) is 0 Å². The molecule has 0 bridgehead atoms. The molecule has 0 spiro atoms. The maximum absolute atomic E-state index is 12.3. The van der Waals surface area contributed by atoms with Gasteiger partial charge in [-0.1, -0.05) is 42.5 Å². The molecule has 0 aliphatic heterocycles. The van der Waals surface area contributed by atoms with Crippen molar-refractivity contribution >= 4 is 11.6 Å². The number of para-hydroxylation sites is 2. The Kier molecular flexibility index (Phi) is 5.55. The van der Waals surface area contributed by atoms with Gasteiger partial charge < -0.3 is 10.1 Å². The molecule has 0 fully saturated rings. The van der Waals surface area contributed by atoms with E-state index < -0.39 is 0 Å². The molecule has 22 heavy (non-hydrogen) atoms. The first-order valence-corrected chi connectivity index (χ1v) is 7.36. The maximum atomic E-state index is 12.3. The van der Waals surface area contributed by atoms with E-state index in [4.69, 9.17) is 4.74 Å². The molecule has 116 valence electrons. The third-order valence-electron chi connectivity index (χ3n) is 3.56. The lowest BCUT2D eigenvalue weighted by Crippen LogP contribution is -2.39. The van der Waals surface area contributed by atoms with E-state index in [1.807, 2.05) is 68.4 Å². The Balaban J connectivity index is 1.97. The van der Waals surface area contributed by atoms with Gasteiger partial charge >= 0.3 is 0 Å². The predicted octanol–water partition coefficient (Wildman–Crippen LogP) is 3.37. The van der Waals surface area contributed by atoms with Crippen molar-refractivity contribution in [2.75, 3.05) is 12.4 Å². The smallest absolute Gasteiger partial charge is 0.241 e. The molecule has 0 heterocycles. The molecule has 4 nitrogen and oxygen atoms in total. The lowest BCUT2D eigenvalue weighted by atomic mass is 10.1. The molecular weight excluding hydrogens is 276 g/mol. The van der Waals surface area contributed by atoms with Crippen molar-refractivity contribution in [3.63, 3.8) is 0 Å². The third kappa shape index (κ3) is 4.09. The fourth-order valence-corrected chi connectivity index (χ4v) is 2.28. The van der Waals surface area contributed by atoms with Crippen LogP contribution in [0.4, 0.5) is 5.69 Å². The molecule has 0 unspecified atom stereocenters. The first kappa shape index (κ1) is 16.0. The van der Waals surface area contributed by atoms with Gasteiger partial charge in [0, 0.05) is 6.04 Å². The average molecular weight is 298 g/mol. The second-order valence-electron chi connectivity index (χ2n) is 5.21. The number of carbonyl (C=O) groups excluding carboxylic acids is 1. The van der Waals surface area contributed by atoms with Gasteiger partial charge in [-0.25, -0.2) is 0 Å². The van der Waals surface area contributed by atoms with Crippen LogP contribution in [0.15, 0.2) is 54.6 Å². The van der Waals surface area contributed by atoms with E-state index in [-0.39, 0.29) is 18.0 Å². The Bertz CT molecular complexity index is 613. The first-order valence-electron chi connectivity index (χ1n) is 7.36. The topological polar surface area (TPSA) is 50.4 Å². The second-order valence-corrected chi connectivity index (χ2v) is 5.21. The van der Waals surface area contributed by atoms with Crippen LogP contribution in [0.25, 0.3) is 0 Å². The standard InChI is InChI=1S/C18H22N2O2/c1-13(15-9-5-4-6-10-15)19-14(2)18(21)20-16-11-7-8-12-17(16)22-3/h4-14,19H,1-3H3,(H,20,21)/t13-,14+/m1/s1. The quantitative estimate of drug-likeness (QED) is 0.859. The highest BCUT2D eigenvalue weighted by molar-refractivity contribution is 5.95. The zero-order valence-corrected chi connectivity index (χ0v) is 13.2. The van der Waals surface area contributed by atoms with Gasteiger partial charge in [-0.15, -0.1) is 0 Å². The summed E-state index contributed by atoms with van der Waals surface area (Å²) < 4.78 is 5.24. The number of methoxy groups -OCH3 is 1. The van der Waals surface area contributed by atoms with Crippen LogP contribution in [-0.2, 0) is 4.79 Å². The minimum atomic E-state index is -0.319. The van der Waals surface area contributed by atoms with E-state index in [0.717, 1.165) is 5.56 Å². The summed E-state index contributed by atoms with van der Waals surface area (Å²) in [5, 5.41) is 6.19. The molecule has 0 aromatic heterocycles. The first-order chi connectivity index (χ1) is 10.6. The van der Waals surface area contributed by atoms with Crippen molar-refractivity contribution < 1.29 is 9.53 Å². The summed E-state index contributed by atoms with van der Waals surface area (Å²) in [5.41, 5.74) is 1.83. The number of hydrogen-bond donors (Lipinski definition) is 2.